The molecule has 2 heterocycles. The summed E-state index contributed by atoms with van der Waals surface area (Å²) >= 11 is 5.99. The molecule has 1 aliphatic heterocycles. The van der Waals surface area contributed by atoms with Crippen LogP contribution in [0.3, 0.4) is 0 Å². The van der Waals surface area contributed by atoms with Crippen LogP contribution in [0.4, 0.5) is 5.69 Å². The Hall–Kier alpha value is -2.07. The number of carbonyl (C=O) groups excluding carboxylic acids is 1. The Bertz CT molecular complexity index is 695. The molecule has 1 aromatic carbocycles. The maximum atomic E-state index is 13.1. The molecule has 1 aliphatic rings. The molecule has 0 unspecified atom stereocenters. The summed E-state index contributed by atoms with van der Waals surface area (Å²) in [6, 6.07) is 11.7. The van der Waals surface area contributed by atoms with Crippen LogP contribution in [-0.2, 0) is 4.79 Å². The summed E-state index contributed by atoms with van der Waals surface area (Å²) in [5.41, 5.74) is 2.21. The van der Waals surface area contributed by atoms with Gasteiger partial charge in [-0.2, -0.15) is 0 Å². The molecule has 0 spiro atoms. The van der Waals surface area contributed by atoms with E-state index < -0.39 is 0 Å². The molecule has 25 heavy (non-hydrogen) atoms. The van der Waals surface area contributed by atoms with Gasteiger partial charge in [0.25, 0.3) is 0 Å². The normalized spacial score (nSPS) is 16.2. The van der Waals surface area contributed by atoms with Crippen molar-refractivity contribution >= 4 is 23.2 Å². The minimum absolute atomic E-state index is 0.121. The molecule has 132 valence electrons. The quantitative estimate of drug-likeness (QED) is 0.834. The van der Waals surface area contributed by atoms with Crippen LogP contribution < -0.4 is 4.90 Å². The van der Waals surface area contributed by atoms with E-state index in [-0.39, 0.29) is 17.7 Å². The fourth-order valence-electron chi connectivity index (χ4n) is 3.42. The van der Waals surface area contributed by atoms with Crippen LogP contribution in [0.25, 0.3) is 0 Å². The molecule has 1 saturated heterocycles. The van der Waals surface area contributed by atoms with Crippen molar-refractivity contribution in [1.82, 2.24) is 9.88 Å². The van der Waals surface area contributed by atoms with Gasteiger partial charge in [-0.3, -0.25) is 9.78 Å². The third kappa shape index (κ3) is 4.13. The van der Waals surface area contributed by atoms with Gasteiger partial charge in [0.1, 0.15) is 0 Å². The van der Waals surface area contributed by atoms with Crippen molar-refractivity contribution in [3.05, 3.63) is 59.4 Å². The van der Waals surface area contributed by atoms with Crippen LogP contribution in [0.1, 0.15) is 25.3 Å². The first-order chi connectivity index (χ1) is 12.1. The van der Waals surface area contributed by atoms with Crippen molar-refractivity contribution in [1.29, 1.82) is 0 Å². The Balaban J connectivity index is 1.68. The number of hydrogen-bond donors (Lipinski definition) is 0. The molecule has 1 atom stereocenters. The second kappa shape index (κ2) is 7.87. The van der Waals surface area contributed by atoms with Crippen molar-refractivity contribution in [2.45, 2.75) is 19.8 Å². The smallest absolute Gasteiger partial charge is 0.230 e. The van der Waals surface area contributed by atoms with E-state index in [1.807, 2.05) is 53.7 Å². The SMILES string of the molecule is CC(C)[C@H](C(=O)N1CCN(c2ccncc2)CC1)c1ccc(Cl)cc1. The van der Waals surface area contributed by atoms with Gasteiger partial charge in [-0.05, 0) is 35.7 Å². The summed E-state index contributed by atoms with van der Waals surface area (Å²) in [6.45, 7) is 7.40. The molecular weight excluding hydrogens is 334 g/mol. The largest absolute Gasteiger partial charge is 0.368 e. The van der Waals surface area contributed by atoms with Gasteiger partial charge in [-0.15, -0.1) is 0 Å². The first kappa shape index (κ1) is 17.7. The van der Waals surface area contributed by atoms with Crippen LogP contribution in [0.2, 0.25) is 5.02 Å². The average molecular weight is 358 g/mol. The van der Waals surface area contributed by atoms with Crippen molar-refractivity contribution in [2.24, 2.45) is 5.92 Å². The lowest BCUT2D eigenvalue weighted by Gasteiger charge is -2.38. The molecule has 0 bridgehead atoms. The Morgan fingerprint density at radius 2 is 1.60 bits per heavy atom. The van der Waals surface area contributed by atoms with Gasteiger partial charge in [-0.1, -0.05) is 37.6 Å². The van der Waals surface area contributed by atoms with Crippen molar-refractivity contribution in [2.75, 3.05) is 31.1 Å². The number of hydrogen-bond acceptors (Lipinski definition) is 3. The molecular formula is C20H24ClN3O. The van der Waals surface area contributed by atoms with E-state index in [0.29, 0.717) is 5.02 Å². The molecule has 0 radical (unpaired) electrons. The standard InChI is InChI=1S/C20H24ClN3O/c1-15(2)19(16-3-5-17(21)6-4-16)20(25)24-13-11-23(12-14-24)18-7-9-22-10-8-18/h3-10,15,19H,11-14H2,1-2H3/t19-/m0/s1. The number of rotatable bonds is 4. The second-order valence-corrected chi connectivity index (χ2v) is 7.23. The zero-order chi connectivity index (χ0) is 17.8. The van der Waals surface area contributed by atoms with E-state index in [0.717, 1.165) is 31.7 Å². The second-order valence-electron chi connectivity index (χ2n) is 6.79. The topological polar surface area (TPSA) is 36.4 Å². The van der Waals surface area contributed by atoms with E-state index in [9.17, 15) is 4.79 Å². The zero-order valence-electron chi connectivity index (χ0n) is 14.7. The molecule has 1 amide bonds. The number of nitrogens with zero attached hydrogens (tertiary/aromatic N) is 3. The summed E-state index contributed by atoms with van der Waals surface area (Å²) in [6.07, 6.45) is 3.62. The molecule has 0 N–H and O–H groups in total. The number of carbonyl (C=O) groups is 1. The number of pyridine rings is 1. The van der Waals surface area contributed by atoms with Crippen LogP contribution in [0.5, 0.6) is 0 Å². The van der Waals surface area contributed by atoms with Gasteiger partial charge in [0.15, 0.2) is 0 Å². The third-order valence-electron chi connectivity index (χ3n) is 4.78. The summed E-state index contributed by atoms with van der Waals surface area (Å²) in [5, 5.41) is 0.699. The fourth-order valence-corrected chi connectivity index (χ4v) is 3.55. The number of benzene rings is 1. The van der Waals surface area contributed by atoms with Gasteiger partial charge < -0.3 is 9.80 Å². The highest BCUT2D eigenvalue weighted by molar-refractivity contribution is 6.30. The highest BCUT2D eigenvalue weighted by Gasteiger charge is 2.30. The van der Waals surface area contributed by atoms with Crippen LogP contribution in [0, 0.1) is 5.92 Å². The highest BCUT2D eigenvalue weighted by Crippen LogP contribution is 2.28. The third-order valence-corrected chi connectivity index (χ3v) is 5.03. The lowest BCUT2D eigenvalue weighted by atomic mass is 9.87. The van der Waals surface area contributed by atoms with E-state index in [1.165, 1.54) is 5.69 Å². The molecule has 1 aromatic heterocycles. The van der Waals surface area contributed by atoms with Gasteiger partial charge >= 0.3 is 0 Å². The van der Waals surface area contributed by atoms with Crippen molar-refractivity contribution in [3.8, 4) is 0 Å². The monoisotopic (exact) mass is 357 g/mol. The lowest BCUT2D eigenvalue weighted by molar-refractivity contribution is -0.134. The summed E-state index contributed by atoms with van der Waals surface area (Å²) in [4.78, 5) is 21.5. The number of amides is 1. The predicted octanol–water partition coefficient (Wildman–Crippen LogP) is 3.82. The molecule has 2 aromatic rings. The van der Waals surface area contributed by atoms with Gasteiger partial charge in [0.2, 0.25) is 5.91 Å². The number of halogens is 1. The number of aromatic nitrogens is 1. The Morgan fingerprint density at radius 1 is 1.00 bits per heavy atom. The molecule has 0 saturated carbocycles. The van der Waals surface area contributed by atoms with E-state index in [4.69, 9.17) is 11.6 Å². The van der Waals surface area contributed by atoms with Crippen molar-refractivity contribution < 1.29 is 4.79 Å². The highest BCUT2D eigenvalue weighted by atomic mass is 35.5. The zero-order valence-corrected chi connectivity index (χ0v) is 15.5. The number of piperazine rings is 1. The Morgan fingerprint density at radius 3 is 2.16 bits per heavy atom. The summed E-state index contributed by atoms with van der Waals surface area (Å²) in [7, 11) is 0. The fraction of sp³-hybridized carbons (Fsp3) is 0.400. The number of anilines is 1. The molecule has 3 rings (SSSR count). The summed E-state index contributed by atoms with van der Waals surface area (Å²) < 4.78 is 0. The van der Waals surface area contributed by atoms with E-state index in [1.54, 1.807) is 0 Å². The van der Waals surface area contributed by atoms with Crippen LogP contribution in [-0.4, -0.2) is 42.0 Å². The molecule has 4 nitrogen and oxygen atoms in total. The average Bonchev–Trinajstić information content (AvgIpc) is 2.64. The lowest BCUT2D eigenvalue weighted by Crippen LogP contribution is -2.50. The van der Waals surface area contributed by atoms with Gasteiger partial charge in [0, 0.05) is 49.3 Å². The van der Waals surface area contributed by atoms with E-state index in [2.05, 4.69) is 23.7 Å². The molecule has 0 aliphatic carbocycles. The van der Waals surface area contributed by atoms with E-state index >= 15 is 0 Å². The molecule has 5 heteroatoms. The van der Waals surface area contributed by atoms with Gasteiger partial charge in [-0.25, -0.2) is 0 Å². The van der Waals surface area contributed by atoms with Crippen LogP contribution >= 0.6 is 11.6 Å². The first-order valence-electron chi connectivity index (χ1n) is 8.75. The van der Waals surface area contributed by atoms with Crippen molar-refractivity contribution in [3.63, 3.8) is 0 Å². The Labute approximate surface area is 154 Å². The minimum Gasteiger partial charge on any atom is -0.368 e. The first-order valence-corrected chi connectivity index (χ1v) is 9.13. The maximum Gasteiger partial charge on any atom is 0.230 e. The van der Waals surface area contributed by atoms with Gasteiger partial charge in [0.05, 0.1) is 5.92 Å². The summed E-state index contributed by atoms with van der Waals surface area (Å²) in [5.74, 6) is 0.336. The maximum absolute atomic E-state index is 13.1. The predicted molar refractivity (Wildman–Crippen MR) is 102 cm³/mol. The minimum atomic E-state index is -0.121. The molecule has 1 fully saturated rings. The van der Waals surface area contributed by atoms with Crippen LogP contribution in [0.15, 0.2) is 48.8 Å². The Kier molecular flexibility index (Phi) is 5.59.